The number of nitrogens with two attached hydrogens (primary N) is 1. The van der Waals surface area contributed by atoms with Gasteiger partial charge in [0.2, 0.25) is 0 Å². The van der Waals surface area contributed by atoms with Gasteiger partial charge in [0.25, 0.3) is 5.91 Å². The summed E-state index contributed by atoms with van der Waals surface area (Å²) in [5.41, 5.74) is 6.24. The molecule has 1 aromatic rings. The van der Waals surface area contributed by atoms with Crippen molar-refractivity contribution in [3.05, 3.63) is 23.9 Å². The maximum Gasteiger partial charge on any atom is 0.255 e. The summed E-state index contributed by atoms with van der Waals surface area (Å²) < 4.78 is 0. The minimum absolute atomic E-state index is 0. The number of hydrogen-bond donors (Lipinski definition) is 2. The molecule has 1 amide bonds. The summed E-state index contributed by atoms with van der Waals surface area (Å²) in [6.45, 7) is 5.16. The van der Waals surface area contributed by atoms with Gasteiger partial charge in [0.05, 0.1) is 5.56 Å². The number of piperidine rings is 1. The minimum Gasteiger partial charge on any atom is -0.356 e. The van der Waals surface area contributed by atoms with E-state index in [1.54, 1.807) is 6.20 Å². The monoisotopic (exact) mass is 348 g/mol. The van der Waals surface area contributed by atoms with E-state index >= 15 is 0 Å². The van der Waals surface area contributed by atoms with Gasteiger partial charge >= 0.3 is 0 Å². The number of amides is 1. The molecule has 1 aliphatic heterocycles. The Morgan fingerprint density at radius 2 is 2.05 bits per heavy atom. The number of halogens is 2. The lowest BCUT2D eigenvalue weighted by Gasteiger charge is -2.29. The van der Waals surface area contributed by atoms with Gasteiger partial charge in [-0.15, -0.1) is 24.8 Å². The lowest BCUT2D eigenvalue weighted by atomic mass is 10.1. The van der Waals surface area contributed by atoms with E-state index in [0.717, 1.165) is 18.9 Å². The first-order valence-electron chi connectivity index (χ1n) is 7.40. The van der Waals surface area contributed by atoms with Crippen LogP contribution in [0, 0.1) is 5.92 Å². The summed E-state index contributed by atoms with van der Waals surface area (Å²) in [5.74, 6) is 1.04. The molecule has 126 valence electrons. The summed E-state index contributed by atoms with van der Waals surface area (Å²) in [4.78, 5) is 18.9. The molecule has 2 rings (SSSR count). The van der Waals surface area contributed by atoms with E-state index in [9.17, 15) is 4.79 Å². The molecule has 0 bridgehead atoms. The van der Waals surface area contributed by atoms with Gasteiger partial charge in [-0.25, -0.2) is 4.98 Å². The first kappa shape index (κ1) is 21.0. The van der Waals surface area contributed by atoms with Crippen LogP contribution in [0.5, 0.6) is 0 Å². The highest BCUT2D eigenvalue weighted by molar-refractivity contribution is 5.98. The quantitative estimate of drug-likeness (QED) is 0.855. The first-order chi connectivity index (χ1) is 9.72. The zero-order valence-electron chi connectivity index (χ0n) is 13.0. The second-order valence-corrected chi connectivity index (χ2v) is 5.47. The molecule has 1 atom stereocenters. The molecular weight excluding hydrogens is 323 g/mol. The molecule has 1 fully saturated rings. The number of rotatable bonds is 5. The maximum atomic E-state index is 12.3. The summed E-state index contributed by atoms with van der Waals surface area (Å²) in [6, 6.07) is 3.66. The molecule has 0 aliphatic carbocycles. The normalized spacial score (nSPS) is 15.3. The second kappa shape index (κ2) is 10.6. The van der Waals surface area contributed by atoms with Crippen LogP contribution in [-0.4, -0.2) is 37.1 Å². The highest BCUT2D eigenvalue weighted by Crippen LogP contribution is 2.21. The third kappa shape index (κ3) is 5.63. The van der Waals surface area contributed by atoms with Gasteiger partial charge in [-0.1, -0.05) is 6.92 Å². The molecule has 0 aromatic carbocycles. The largest absolute Gasteiger partial charge is 0.356 e. The number of carbonyl (C=O) groups excluding carboxylic acids is 1. The van der Waals surface area contributed by atoms with Crippen molar-refractivity contribution >= 4 is 36.5 Å². The number of anilines is 1. The van der Waals surface area contributed by atoms with Crippen molar-refractivity contribution in [3.63, 3.8) is 0 Å². The molecule has 0 spiro atoms. The topological polar surface area (TPSA) is 71.2 Å². The van der Waals surface area contributed by atoms with Crippen LogP contribution in [-0.2, 0) is 0 Å². The predicted molar refractivity (Wildman–Crippen MR) is 95.3 cm³/mol. The lowest BCUT2D eigenvalue weighted by molar-refractivity contribution is 0.0948. The predicted octanol–water partition coefficient (Wildman–Crippen LogP) is 2.24. The van der Waals surface area contributed by atoms with E-state index in [1.165, 1.54) is 19.3 Å². The van der Waals surface area contributed by atoms with Crippen molar-refractivity contribution in [1.29, 1.82) is 0 Å². The van der Waals surface area contributed by atoms with Gasteiger partial charge in [-0.2, -0.15) is 0 Å². The molecule has 3 N–H and O–H groups in total. The zero-order chi connectivity index (χ0) is 14.4. The Bertz CT molecular complexity index is 453. The van der Waals surface area contributed by atoms with E-state index in [0.29, 0.717) is 18.7 Å². The Balaban J connectivity index is 0.00000220. The van der Waals surface area contributed by atoms with Crippen LogP contribution < -0.4 is 16.0 Å². The average molecular weight is 349 g/mol. The Hall–Kier alpha value is -1.04. The van der Waals surface area contributed by atoms with Crippen LogP contribution in [0.15, 0.2) is 18.3 Å². The van der Waals surface area contributed by atoms with Crippen LogP contribution in [0.25, 0.3) is 0 Å². The molecular formula is C15H26Cl2N4O. The Morgan fingerprint density at radius 1 is 1.36 bits per heavy atom. The second-order valence-electron chi connectivity index (χ2n) is 5.47. The van der Waals surface area contributed by atoms with Crippen molar-refractivity contribution in [2.24, 2.45) is 11.7 Å². The fourth-order valence-electron chi connectivity index (χ4n) is 2.38. The fourth-order valence-corrected chi connectivity index (χ4v) is 2.38. The summed E-state index contributed by atoms with van der Waals surface area (Å²) in [7, 11) is 0. The Morgan fingerprint density at radius 3 is 2.68 bits per heavy atom. The summed E-state index contributed by atoms with van der Waals surface area (Å²) in [6.07, 6.45) is 5.35. The number of pyridine rings is 1. The van der Waals surface area contributed by atoms with Crippen LogP contribution in [0.4, 0.5) is 5.82 Å². The highest BCUT2D eigenvalue weighted by atomic mass is 35.5. The van der Waals surface area contributed by atoms with Gasteiger partial charge in [0.1, 0.15) is 5.82 Å². The molecule has 0 saturated carbocycles. The number of hydrogen-bond acceptors (Lipinski definition) is 4. The third-order valence-corrected chi connectivity index (χ3v) is 3.70. The molecule has 5 nitrogen and oxygen atoms in total. The smallest absolute Gasteiger partial charge is 0.255 e. The van der Waals surface area contributed by atoms with Crippen molar-refractivity contribution in [3.8, 4) is 0 Å². The highest BCUT2D eigenvalue weighted by Gasteiger charge is 2.19. The molecule has 1 saturated heterocycles. The fraction of sp³-hybridized carbons (Fsp3) is 0.600. The molecule has 1 aromatic heterocycles. The molecule has 1 aliphatic rings. The van der Waals surface area contributed by atoms with E-state index in [4.69, 9.17) is 5.73 Å². The lowest BCUT2D eigenvalue weighted by Crippen LogP contribution is -2.35. The summed E-state index contributed by atoms with van der Waals surface area (Å²) in [5, 5.41) is 2.94. The SMILES string of the molecule is CC(CN)CNC(=O)c1cccnc1N1CCCCC1.Cl.Cl. The van der Waals surface area contributed by atoms with Gasteiger partial charge in [0, 0.05) is 25.8 Å². The average Bonchev–Trinajstić information content (AvgIpc) is 2.53. The minimum atomic E-state index is -0.0565. The number of nitrogens with one attached hydrogen (secondary N) is 1. The number of nitrogens with zero attached hydrogens (tertiary/aromatic N) is 2. The van der Waals surface area contributed by atoms with Gasteiger partial charge < -0.3 is 16.0 Å². The first-order valence-corrected chi connectivity index (χ1v) is 7.40. The Kier molecular flexibility index (Phi) is 10.1. The van der Waals surface area contributed by atoms with Crippen LogP contribution in [0.2, 0.25) is 0 Å². The molecule has 2 heterocycles. The van der Waals surface area contributed by atoms with E-state index in [2.05, 4.69) is 15.2 Å². The van der Waals surface area contributed by atoms with Crippen molar-refractivity contribution in [2.75, 3.05) is 31.1 Å². The van der Waals surface area contributed by atoms with Crippen LogP contribution >= 0.6 is 24.8 Å². The van der Waals surface area contributed by atoms with Crippen molar-refractivity contribution < 1.29 is 4.79 Å². The Labute approximate surface area is 144 Å². The van der Waals surface area contributed by atoms with E-state index in [-0.39, 0.29) is 36.6 Å². The van der Waals surface area contributed by atoms with Gasteiger partial charge in [0.15, 0.2) is 0 Å². The number of aromatic nitrogens is 1. The zero-order valence-corrected chi connectivity index (χ0v) is 14.6. The van der Waals surface area contributed by atoms with Gasteiger partial charge in [-0.3, -0.25) is 4.79 Å². The third-order valence-electron chi connectivity index (χ3n) is 3.70. The maximum absolute atomic E-state index is 12.3. The molecule has 7 heteroatoms. The standard InChI is InChI=1S/C15H24N4O.2ClH/c1-12(10-16)11-18-15(20)13-6-5-7-17-14(13)19-8-3-2-4-9-19;;/h5-7,12H,2-4,8-11,16H2,1H3,(H,18,20);2*1H. The van der Waals surface area contributed by atoms with Crippen molar-refractivity contribution in [1.82, 2.24) is 10.3 Å². The van der Waals surface area contributed by atoms with E-state index in [1.807, 2.05) is 19.1 Å². The number of carbonyl (C=O) groups is 1. The molecule has 1 unspecified atom stereocenters. The van der Waals surface area contributed by atoms with Crippen LogP contribution in [0.3, 0.4) is 0 Å². The van der Waals surface area contributed by atoms with E-state index < -0.39 is 0 Å². The van der Waals surface area contributed by atoms with Crippen molar-refractivity contribution in [2.45, 2.75) is 26.2 Å². The summed E-state index contributed by atoms with van der Waals surface area (Å²) >= 11 is 0. The van der Waals surface area contributed by atoms with Crippen LogP contribution in [0.1, 0.15) is 36.5 Å². The molecule has 0 radical (unpaired) electrons. The van der Waals surface area contributed by atoms with Gasteiger partial charge in [-0.05, 0) is 43.9 Å². The molecule has 22 heavy (non-hydrogen) atoms.